The third kappa shape index (κ3) is 10.8. The van der Waals surface area contributed by atoms with Gasteiger partial charge in [-0.05, 0) is 50.3 Å². The van der Waals surface area contributed by atoms with Crippen LogP contribution >= 0.6 is 0 Å². The van der Waals surface area contributed by atoms with Gasteiger partial charge in [0, 0.05) is 12.0 Å². The fraction of sp³-hybridized carbons (Fsp3) is 0.615. The first-order chi connectivity index (χ1) is 14.6. The van der Waals surface area contributed by atoms with Gasteiger partial charge in [0.25, 0.3) is 0 Å². The summed E-state index contributed by atoms with van der Waals surface area (Å²) in [5, 5.41) is 21.1. The van der Waals surface area contributed by atoms with Crippen molar-refractivity contribution in [2.24, 2.45) is 0 Å². The van der Waals surface area contributed by atoms with Crippen LogP contribution in [0.4, 0.5) is 0 Å². The van der Waals surface area contributed by atoms with Crippen LogP contribution in [0.5, 0.6) is 0 Å². The van der Waals surface area contributed by atoms with Crippen molar-refractivity contribution < 1.29 is 78.8 Å². The van der Waals surface area contributed by atoms with Crippen molar-refractivity contribution in [2.45, 2.75) is 77.2 Å². The molecule has 0 N–H and O–H groups in total. The van der Waals surface area contributed by atoms with E-state index in [9.17, 15) is 10.2 Å². The molecule has 168 valence electrons. The minimum absolute atomic E-state index is 0. The van der Waals surface area contributed by atoms with Gasteiger partial charge in [-0.15, -0.1) is 13.2 Å². The van der Waals surface area contributed by atoms with E-state index in [4.69, 9.17) is 9.47 Å². The van der Waals surface area contributed by atoms with Gasteiger partial charge >= 0.3 is 59.1 Å². The fourth-order valence-electron chi connectivity index (χ4n) is 4.31. The number of ether oxygens (including phenoxy) is 2. The Bertz CT molecular complexity index is 665. The van der Waals surface area contributed by atoms with Gasteiger partial charge < -0.3 is 19.7 Å². The van der Waals surface area contributed by atoms with Gasteiger partial charge in [0.1, 0.15) is 0 Å². The van der Waals surface area contributed by atoms with Crippen molar-refractivity contribution in [1.82, 2.24) is 0 Å². The van der Waals surface area contributed by atoms with E-state index in [-0.39, 0.29) is 84.4 Å². The zero-order valence-electron chi connectivity index (χ0n) is 20.8. The van der Waals surface area contributed by atoms with Gasteiger partial charge in [0.05, 0.1) is 19.0 Å². The second-order valence-electron chi connectivity index (χ2n) is 8.34. The van der Waals surface area contributed by atoms with Crippen LogP contribution in [0.1, 0.15) is 76.3 Å². The first kappa shape index (κ1) is 32.4. The first-order valence-electron chi connectivity index (χ1n) is 11.4. The number of benzene rings is 1. The van der Waals surface area contributed by atoms with E-state index >= 15 is 0 Å². The van der Waals surface area contributed by atoms with Crippen LogP contribution in [0.25, 0.3) is 0 Å². The van der Waals surface area contributed by atoms with E-state index < -0.39 is 0 Å². The number of unbranched alkanes of at least 4 members (excludes halogenated alkanes) is 2. The molecule has 0 amide bonds. The Morgan fingerprint density at radius 3 is 2.19 bits per heavy atom. The van der Waals surface area contributed by atoms with Crippen molar-refractivity contribution in [3.63, 3.8) is 0 Å². The Balaban J connectivity index is 0.00000480. The Labute approximate surface area is 239 Å². The molecule has 0 heterocycles. The molecule has 1 aromatic carbocycles. The van der Waals surface area contributed by atoms with Gasteiger partial charge in [-0.3, -0.25) is 0 Å². The Morgan fingerprint density at radius 1 is 0.875 bits per heavy atom. The summed E-state index contributed by atoms with van der Waals surface area (Å²) in [7, 11) is 0. The number of rotatable bonds is 13. The Morgan fingerprint density at radius 2 is 1.56 bits per heavy atom. The van der Waals surface area contributed by atoms with Crippen molar-refractivity contribution in [2.75, 3.05) is 26.4 Å². The predicted octanol–water partition coefficient (Wildman–Crippen LogP) is -1.83. The average molecular weight is 461 g/mol. The largest absolute Gasteiger partial charge is 1.00 e. The molecule has 0 aliphatic heterocycles. The molecule has 1 aromatic rings. The van der Waals surface area contributed by atoms with E-state index in [0.717, 1.165) is 25.0 Å². The molecule has 0 saturated heterocycles. The molecule has 6 heteroatoms. The minimum atomic E-state index is -0.214. The maximum absolute atomic E-state index is 10.6. The SMILES string of the molecule is C/C(=C\C=C(/C)C1(c2ccc(COCCCCC[O-])cc2)CCCCC1)OCC[O-].[Na+].[Na+]. The molecular weight excluding hydrogens is 422 g/mol. The number of allylic oxidation sites excluding steroid dienone is 4. The van der Waals surface area contributed by atoms with Crippen LogP contribution in [0.2, 0.25) is 0 Å². The number of hydrogen-bond acceptors (Lipinski definition) is 4. The minimum Gasteiger partial charge on any atom is -0.854 e. The predicted molar refractivity (Wildman–Crippen MR) is 118 cm³/mol. The van der Waals surface area contributed by atoms with Crippen molar-refractivity contribution in [3.05, 3.63) is 58.9 Å². The topological polar surface area (TPSA) is 64.6 Å². The summed E-state index contributed by atoms with van der Waals surface area (Å²) in [4.78, 5) is 0. The van der Waals surface area contributed by atoms with Crippen LogP contribution in [-0.2, 0) is 21.5 Å². The standard InChI is InChI=1S/C26H38O4.2Na/c1-22(9-10-23(2)30-20-18-28)26(15-5-3-6-16-26)25-13-11-24(12-14-25)21-29-19-8-4-7-17-27;;/h9-14H,3-8,15-21H2,1-2H3;;/q-2;2*+1/b22-9+,23-10+;;. The molecular formula is C26H38Na2O4. The maximum Gasteiger partial charge on any atom is 1.00 e. The van der Waals surface area contributed by atoms with Gasteiger partial charge in [0.15, 0.2) is 0 Å². The first-order valence-corrected chi connectivity index (χ1v) is 11.4. The van der Waals surface area contributed by atoms with Crippen LogP contribution in [0, 0.1) is 0 Å². The van der Waals surface area contributed by atoms with Gasteiger partial charge in [-0.2, -0.15) is 0 Å². The molecule has 0 radical (unpaired) electrons. The van der Waals surface area contributed by atoms with E-state index in [2.05, 4.69) is 37.3 Å². The van der Waals surface area contributed by atoms with Crippen LogP contribution in [0.15, 0.2) is 47.7 Å². The molecule has 0 bridgehead atoms. The van der Waals surface area contributed by atoms with E-state index in [1.807, 2.05) is 13.0 Å². The van der Waals surface area contributed by atoms with Gasteiger partial charge in [-0.1, -0.05) is 68.0 Å². The molecule has 0 atom stereocenters. The van der Waals surface area contributed by atoms with Gasteiger partial charge in [0.2, 0.25) is 0 Å². The monoisotopic (exact) mass is 460 g/mol. The zero-order chi connectivity index (χ0) is 21.7. The summed E-state index contributed by atoms with van der Waals surface area (Å²) in [6.45, 7) is 5.49. The Hall–Kier alpha value is 0.380. The van der Waals surface area contributed by atoms with Crippen LogP contribution in [0.3, 0.4) is 0 Å². The molecule has 1 fully saturated rings. The smallest absolute Gasteiger partial charge is 0.854 e. The third-order valence-corrected chi connectivity index (χ3v) is 6.15. The molecule has 2 rings (SSSR count). The summed E-state index contributed by atoms with van der Waals surface area (Å²) in [6.07, 6.45) is 12.9. The van der Waals surface area contributed by atoms with Crippen molar-refractivity contribution in [3.8, 4) is 0 Å². The van der Waals surface area contributed by atoms with Gasteiger partial charge in [-0.25, -0.2) is 0 Å². The second kappa shape index (κ2) is 18.7. The molecule has 0 aromatic heterocycles. The van der Waals surface area contributed by atoms with E-state index in [1.165, 1.54) is 48.8 Å². The van der Waals surface area contributed by atoms with E-state index in [0.29, 0.717) is 13.2 Å². The normalized spacial score (nSPS) is 16.1. The summed E-state index contributed by atoms with van der Waals surface area (Å²) in [5.74, 6) is 0.791. The second-order valence-corrected chi connectivity index (χ2v) is 8.34. The van der Waals surface area contributed by atoms with Crippen LogP contribution in [-0.4, -0.2) is 26.4 Å². The summed E-state index contributed by atoms with van der Waals surface area (Å²) >= 11 is 0. The summed E-state index contributed by atoms with van der Waals surface area (Å²) in [6, 6.07) is 8.91. The molecule has 1 saturated carbocycles. The summed E-state index contributed by atoms with van der Waals surface area (Å²) in [5.41, 5.74) is 4.00. The van der Waals surface area contributed by atoms with E-state index in [1.54, 1.807) is 0 Å². The molecule has 32 heavy (non-hydrogen) atoms. The molecule has 4 nitrogen and oxygen atoms in total. The maximum atomic E-state index is 10.6. The quantitative estimate of drug-likeness (QED) is 0.150. The summed E-state index contributed by atoms with van der Waals surface area (Å²) < 4.78 is 11.2. The average Bonchev–Trinajstić information content (AvgIpc) is 2.79. The fourth-order valence-corrected chi connectivity index (χ4v) is 4.31. The Kier molecular flexibility index (Phi) is 18.9. The van der Waals surface area contributed by atoms with Crippen molar-refractivity contribution >= 4 is 0 Å². The van der Waals surface area contributed by atoms with Crippen LogP contribution < -0.4 is 69.3 Å². The van der Waals surface area contributed by atoms with Crippen molar-refractivity contribution in [1.29, 1.82) is 0 Å². The molecule has 1 aliphatic rings. The third-order valence-electron chi connectivity index (χ3n) is 6.15. The molecule has 0 spiro atoms. The zero-order valence-corrected chi connectivity index (χ0v) is 24.8. The molecule has 0 unspecified atom stereocenters. The number of hydrogen-bond donors (Lipinski definition) is 0. The molecule has 1 aliphatic carbocycles.